The smallest absolute Gasteiger partial charge is 0.169 e. The van der Waals surface area contributed by atoms with E-state index in [0.717, 1.165) is 5.92 Å². The van der Waals surface area contributed by atoms with E-state index in [1.807, 2.05) is 24.3 Å². The maximum atomic E-state index is 14.2. The number of aldehydes is 1. The van der Waals surface area contributed by atoms with Crippen LogP contribution in [-0.4, -0.2) is 6.29 Å². The maximum Gasteiger partial charge on any atom is 0.169 e. The van der Waals surface area contributed by atoms with E-state index in [4.69, 9.17) is 0 Å². The maximum absolute atomic E-state index is 14.2. The van der Waals surface area contributed by atoms with Gasteiger partial charge in [0.2, 0.25) is 0 Å². The van der Waals surface area contributed by atoms with Gasteiger partial charge in [-0.1, -0.05) is 62.9 Å². The topological polar surface area (TPSA) is 17.1 Å². The van der Waals surface area contributed by atoms with Crippen molar-refractivity contribution in [2.45, 2.75) is 64.2 Å². The van der Waals surface area contributed by atoms with E-state index in [-0.39, 0.29) is 11.1 Å². The molecule has 1 aliphatic rings. The van der Waals surface area contributed by atoms with Crippen LogP contribution in [0.3, 0.4) is 0 Å². The van der Waals surface area contributed by atoms with E-state index in [0.29, 0.717) is 17.8 Å². The Morgan fingerprint density at radius 1 is 0.926 bits per heavy atom. The molecule has 0 radical (unpaired) electrons. The Bertz CT molecular complexity index is 759. The van der Waals surface area contributed by atoms with Crippen molar-refractivity contribution in [2.75, 3.05) is 0 Å². The average molecular weight is 370 g/mol. The molecule has 2 aromatic carbocycles. The average Bonchev–Trinajstić information content (AvgIpc) is 2.71. The van der Waals surface area contributed by atoms with E-state index < -0.39 is 11.6 Å². The number of unbranched alkanes of at least 4 members (excludes halogenated alkanes) is 2. The molecule has 0 amide bonds. The third-order valence-corrected chi connectivity index (χ3v) is 5.99. The minimum atomic E-state index is -1.08. The third-order valence-electron chi connectivity index (χ3n) is 5.99. The lowest BCUT2D eigenvalue weighted by molar-refractivity contribution is 0.111. The van der Waals surface area contributed by atoms with Crippen LogP contribution in [-0.2, 0) is 0 Å². The molecule has 0 heterocycles. The summed E-state index contributed by atoms with van der Waals surface area (Å²) in [6, 6.07) is 10.6. The van der Waals surface area contributed by atoms with Crippen molar-refractivity contribution in [3.63, 3.8) is 0 Å². The molecule has 1 aliphatic carbocycles. The van der Waals surface area contributed by atoms with Gasteiger partial charge < -0.3 is 0 Å². The lowest BCUT2D eigenvalue weighted by Gasteiger charge is -2.29. The normalized spacial score (nSPS) is 19.8. The number of halogens is 2. The van der Waals surface area contributed by atoms with Crippen LogP contribution in [0.2, 0.25) is 0 Å². The standard InChI is InChI=1S/C24H28F2O/c1-2-3-4-5-17-6-8-18(9-7-17)19-10-12-20(13-11-19)22-15-14-21(16-27)23(25)24(22)26/h10-18H,2-9H2,1H3/t17-,18-. The van der Waals surface area contributed by atoms with E-state index in [2.05, 4.69) is 6.92 Å². The highest BCUT2D eigenvalue weighted by atomic mass is 19.2. The minimum Gasteiger partial charge on any atom is -0.298 e. The number of rotatable bonds is 7. The molecule has 3 heteroatoms. The van der Waals surface area contributed by atoms with E-state index in [1.165, 1.54) is 69.1 Å². The van der Waals surface area contributed by atoms with Gasteiger partial charge in [0, 0.05) is 5.56 Å². The molecule has 1 nitrogen and oxygen atoms in total. The van der Waals surface area contributed by atoms with Gasteiger partial charge in [-0.25, -0.2) is 8.78 Å². The van der Waals surface area contributed by atoms with Gasteiger partial charge in [0.05, 0.1) is 5.56 Å². The molecule has 0 N–H and O–H groups in total. The van der Waals surface area contributed by atoms with Gasteiger partial charge in [-0.05, 0) is 54.7 Å². The Hall–Kier alpha value is -2.03. The molecule has 0 atom stereocenters. The second-order valence-electron chi connectivity index (χ2n) is 7.78. The van der Waals surface area contributed by atoms with Crippen LogP contribution in [0.4, 0.5) is 8.78 Å². The monoisotopic (exact) mass is 370 g/mol. The first-order valence-corrected chi connectivity index (χ1v) is 10.2. The molecule has 27 heavy (non-hydrogen) atoms. The second kappa shape index (κ2) is 9.25. The summed E-state index contributed by atoms with van der Waals surface area (Å²) in [5.74, 6) is -0.589. The molecule has 1 saturated carbocycles. The van der Waals surface area contributed by atoms with Crippen LogP contribution in [0.15, 0.2) is 36.4 Å². The molecule has 0 aliphatic heterocycles. The molecule has 1 fully saturated rings. The lowest BCUT2D eigenvalue weighted by Crippen LogP contribution is -2.13. The Labute approximate surface area is 160 Å². The van der Waals surface area contributed by atoms with Crippen molar-refractivity contribution >= 4 is 6.29 Å². The second-order valence-corrected chi connectivity index (χ2v) is 7.78. The van der Waals surface area contributed by atoms with Gasteiger partial charge in [0.15, 0.2) is 17.9 Å². The van der Waals surface area contributed by atoms with Crippen molar-refractivity contribution in [3.05, 3.63) is 59.2 Å². The highest BCUT2D eigenvalue weighted by Gasteiger charge is 2.22. The van der Waals surface area contributed by atoms with E-state index in [9.17, 15) is 13.6 Å². The van der Waals surface area contributed by atoms with Gasteiger partial charge in [-0.2, -0.15) is 0 Å². The fourth-order valence-corrected chi connectivity index (χ4v) is 4.28. The number of hydrogen-bond acceptors (Lipinski definition) is 1. The van der Waals surface area contributed by atoms with Gasteiger partial charge in [0.25, 0.3) is 0 Å². The zero-order valence-electron chi connectivity index (χ0n) is 16.0. The molecule has 0 aromatic heterocycles. The Morgan fingerprint density at radius 3 is 2.26 bits per heavy atom. The number of carbonyl (C=O) groups is 1. The van der Waals surface area contributed by atoms with Crippen molar-refractivity contribution in [3.8, 4) is 11.1 Å². The summed E-state index contributed by atoms with van der Waals surface area (Å²) in [5.41, 5.74) is 1.88. The summed E-state index contributed by atoms with van der Waals surface area (Å²) in [5, 5.41) is 0. The van der Waals surface area contributed by atoms with Crippen molar-refractivity contribution < 1.29 is 13.6 Å². The highest BCUT2D eigenvalue weighted by molar-refractivity contribution is 5.77. The first-order chi connectivity index (χ1) is 13.1. The molecule has 0 unspecified atom stereocenters. The van der Waals surface area contributed by atoms with Crippen LogP contribution in [0.5, 0.6) is 0 Å². The lowest BCUT2D eigenvalue weighted by atomic mass is 9.77. The molecule has 0 bridgehead atoms. The Balaban J connectivity index is 1.65. The largest absolute Gasteiger partial charge is 0.298 e. The van der Waals surface area contributed by atoms with Crippen molar-refractivity contribution in [2.24, 2.45) is 5.92 Å². The van der Waals surface area contributed by atoms with Gasteiger partial charge in [-0.3, -0.25) is 4.79 Å². The van der Waals surface area contributed by atoms with Crippen LogP contribution in [0.1, 0.15) is 80.1 Å². The highest BCUT2D eigenvalue weighted by Crippen LogP contribution is 2.38. The van der Waals surface area contributed by atoms with Crippen molar-refractivity contribution in [1.82, 2.24) is 0 Å². The van der Waals surface area contributed by atoms with Crippen LogP contribution in [0, 0.1) is 17.6 Å². The summed E-state index contributed by atoms with van der Waals surface area (Å²) >= 11 is 0. The SMILES string of the molecule is CCCCC[C@H]1CC[C@H](c2ccc(-c3ccc(C=O)c(F)c3F)cc2)CC1. The molecular weight excluding hydrogens is 342 g/mol. The quantitative estimate of drug-likeness (QED) is 0.369. The fraction of sp³-hybridized carbons (Fsp3) is 0.458. The van der Waals surface area contributed by atoms with E-state index >= 15 is 0 Å². The molecule has 144 valence electrons. The van der Waals surface area contributed by atoms with Crippen LogP contribution < -0.4 is 0 Å². The predicted molar refractivity (Wildman–Crippen MR) is 106 cm³/mol. The summed E-state index contributed by atoms with van der Waals surface area (Å²) in [4.78, 5) is 10.7. The van der Waals surface area contributed by atoms with E-state index in [1.54, 1.807) is 0 Å². The minimum absolute atomic E-state index is 0.198. The number of carbonyl (C=O) groups excluding carboxylic acids is 1. The van der Waals surface area contributed by atoms with Crippen LogP contribution in [0.25, 0.3) is 11.1 Å². The summed E-state index contributed by atoms with van der Waals surface area (Å²) < 4.78 is 28.1. The summed E-state index contributed by atoms with van der Waals surface area (Å²) in [6.07, 6.45) is 10.7. The first-order valence-electron chi connectivity index (χ1n) is 10.2. The molecular formula is C24H28F2O. The fourth-order valence-electron chi connectivity index (χ4n) is 4.28. The first kappa shape index (κ1) is 19.7. The number of benzene rings is 2. The van der Waals surface area contributed by atoms with Crippen molar-refractivity contribution in [1.29, 1.82) is 0 Å². The molecule has 0 spiro atoms. The Kier molecular flexibility index (Phi) is 6.76. The molecule has 2 aromatic rings. The van der Waals surface area contributed by atoms with Gasteiger partial charge in [-0.15, -0.1) is 0 Å². The number of hydrogen-bond donors (Lipinski definition) is 0. The van der Waals surface area contributed by atoms with Crippen LogP contribution >= 0.6 is 0 Å². The predicted octanol–water partition coefficient (Wildman–Crippen LogP) is 7.30. The molecule has 3 rings (SSSR count). The van der Waals surface area contributed by atoms with Gasteiger partial charge in [0.1, 0.15) is 0 Å². The zero-order valence-corrected chi connectivity index (χ0v) is 16.0. The zero-order chi connectivity index (χ0) is 19.2. The molecule has 0 saturated heterocycles. The van der Waals surface area contributed by atoms with Gasteiger partial charge >= 0.3 is 0 Å². The summed E-state index contributed by atoms with van der Waals surface area (Å²) in [7, 11) is 0. The Morgan fingerprint density at radius 2 is 1.63 bits per heavy atom. The summed E-state index contributed by atoms with van der Waals surface area (Å²) in [6.45, 7) is 2.25. The third kappa shape index (κ3) is 4.63.